The number of nitrogens with one attached hydrogen (secondary N) is 1. The number of methoxy groups -OCH3 is 1. The highest BCUT2D eigenvalue weighted by molar-refractivity contribution is 5.74. The van der Waals surface area contributed by atoms with Crippen molar-refractivity contribution in [2.45, 2.75) is 12.8 Å². The predicted octanol–water partition coefficient (Wildman–Crippen LogP) is 1.61. The maximum absolute atomic E-state index is 13.3. The Kier molecular flexibility index (Phi) is 3.43. The Morgan fingerprint density at radius 1 is 1.47 bits per heavy atom. The molecule has 17 heavy (non-hydrogen) atoms. The van der Waals surface area contributed by atoms with E-state index in [2.05, 4.69) is 5.32 Å². The fourth-order valence-corrected chi connectivity index (χ4v) is 2.42. The molecule has 4 heteroatoms. The molecule has 0 aliphatic carbocycles. The van der Waals surface area contributed by atoms with Crippen LogP contribution < -0.4 is 5.32 Å². The van der Waals surface area contributed by atoms with Gasteiger partial charge in [0, 0.05) is 19.0 Å². The van der Waals surface area contributed by atoms with Crippen LogP contribution in [0.2, 0.25) is 0 Å². The molecule has 1 N–H and O–H groups in total. The van der Waals surface area contributed by atoms with E-state index in [1.807, 2.05) is 6.92 Å². The second kappa shape index (κ2) is 4.84. The fraction of sp³-hybridized carbons (Fsp3) is 0.462. The number of halogens is 1. The van der Waals surface area contributed by atoms with Gasteiger partial charge in [0.05, 0.1) is 13.0 Å². The summed E-state index contributed by atoms with van der Waals surface area (Å²) in [5.41, 5.74) is 1.90. The van der Waals surface area contributed by atoms with E-state index in [0.29, 0.717) is 13.1 Å². The van der Waals surface area contributed by atoms with E-state index in [4.69, 9.17) is 4.74 Å². The Bertz CT molecular complexity index is 433. The Morgan fingerprint density at radius 3 is 2.94 bits per heavy atom. The summed E-state index contributed by atoms with van der Waals surface area (Å²) in [5, 5.41) is 3.16. The summed E-state index contributed by atoms with van der Waals surface area (Å²) in [5.74, 6) is -0.719. The van der Waals surface area contributed by atoms with Gasteiger partial charge in [0.15, 0.2) is 0 Å². The lowest BCUT2D eigenvalue weighted by molar-refractivity contribution is -0.145. The third-order valence-corrected chi connectivity index (χ3v) is 3.36. The van der Waals surface area contributed by atoms with Gasteiger partial charge in [-0.25, -0.2) is 4.39 Å². The number of ether oxygens (including phenoxy) is 1. The van der Waals surface area contributed by atoms with Gasteiger partial charge in [-0.3, -0.25) is 4.79 Å². The quantitative estimate of drug-likeness (QED) is 0.794. The minimum atomic E-state index is -0.263. The van der Waals surface area contributed by atoms with Crippen molar-refractivity contribution < 1.29 is 13.9 Å². The second-order valence-electron chi connectivity index (χ2n) is 4.40. The molecule has 3 nitrogen and oxygen atoms in total. The van der Waals surface area contributed by atoms with Crippen molar-refractivity contribution in [3.63, 3.8) is 0 Å². The SMILES string of the molecule is COC(=O)[C@@H]1CNC[C@H]1c1cc(F)ccc1C. The maximum atomic E-state index is 13.3. The zero-order valence-corrected chi connectivity index (χ0v) is 10.00. The zero-order valence-electron chi connectivity index (χ0n) is 10.00. The van der Waals surface area contributed by atoms with Crippen LogP contribution >= 0.6 is 0 Å². The minimum absolute atomic E-state index is 0.00171. The zero-order chi connectivity index (χ0) is 12.4. The van der Waals surface area contributed by atoms with Crippen molar-refractivity contribution in [2.24, 2.45) is 5.92 Å². The van der Waals surface area contributed by atoms with E-state index in [1.165, 1.54) is 19.2 Å². The van der Waals surface area contributed by atoms with Crippen LogP contribution in [0.4, 0.5) is 4.39 Å². The first-order chi connectivity index (χ1) is 8.13. The van der Waals surface area contributed by atoms with E-state index in [-0.39, 0.29) is 23.6 Å². The molecule has 2 atom stereocenters. The lowest BCUT2D eigenvalue weighted by Crippen LogP contribution is -2.23. The standard InChI is InChI=1S/C13H16FNO2/c1-8-3-4-9(14)5-10(8)11-6-15-7-12(11)13(16)17-2/h3-5,11-12,15H,6-7H2,1-2H3/t11-,12+/m0/s1. The summed E-state index contributed by atoms with van der Waals surface area (Å²) in [4.78, 5) is 11.6. The lowest BCUT2D eigenvalue weighted by atomic mass is 9.86. The van der Waals surface area contributed by atoms with Crippen LogP contribution in [0.15, 0.2) is 18.2 Å². The van der Waals surface area contributed by atoms with Gasteiger partial charge in [-0.1, -0.05) is 6.07 Å². The van der Waals surface area contributed by atoms with Crippen LogP contribution in [0.25, 0.3) is 0 Å². The molecular formula is C13H16FNO2. The van der Waals surface area contributed by atoms with Crippen molar-refractivity contribution in [1.29, 1.82) is 0 Å². The van der Waals surface area contributed by atoms with Gasteiger partial charge in [-0.05, 0) is 30.2 Å². The summed E-state index contributed by atoms with van der Waals surface area (Å²) in [7, 11) is 1.39. The first-order valence-corrected chi connectivity index (χ1v) is 5.68. The molecule has 1 aromatic rings. The summed E-state index contributed by atoms with van der Waals surface area (Å²) in [6, 6.07) is 4.70. The number of esters is 1. The molecule has 0 unspecified atom stereocenters. The smallest absolute Gasteiger partial charge is 0.310 e. The number of carbonyl (C=O) groups excluding carboxylic acids is 1. The van der Waals surface area contributed by atoms with Crippen molar-refractivity contribution in [3.8, 4) is 0 Å². The highest BCUT2D eigenvalue weighted by Crippen LogP contribution is 2.31. The number of rotatable bonds is 2. The van der Waals surface area contributed by atoms with Crippen LogP contribution in [0.3, 0.4) is 0 Å². The van der Waals surface area contributed by atoms with E-state index >= 15 is 0 Å². The maximum Gasteiger partial charge on any atom is 0.310 e. The Hall–Kier alpha value is -1.42. The minimum Gasteiger partial charge on any atom is -0.469 e. The lowest BCUT2D eigenvalue weighted by Gasteiger charge is -2.18. The van der Waals surface area contributed by atoms with Gasteiger partial charge in [-0.2, -0.15) is 0 Å². The van der Waals surface area contributed by atoms with Crippen molar-refractivity contribution in [2.75, 3.05) is 20.2 Å². The first kappa shape index (κ1) is 12.0. The number of benzene rings is 1. The Labute approximate surface area is 100.0 Å². The van der Waals surface area contributed by atoms with Crippen LogP contribution in [-0.4, -0.2) is 26.2 Å². The van der Waals surface area contributed by atoms with E-state index in [1.54, 1.807) is 6.07 Å². The summed E-state index contributed by atoms with van der Waals surface area (Å²) >= 11 is 0. The van der Waals surface area contributed by atoms with Gasteiger partial charge in [0.2, 0.25) is 0 Å². The summed E-state index contributed by atoms with van der Waals surface area (Å²) < 4.78 is 18.1. The number of carbonyl (C=O) groups is 1. The highest BCUT2D eigenvalue weighted by atomic mass is 19.1. The molecule has 0 bridgehead atoms. The third-order valence-electron chi connectivity index (χ3n) is 3.36. The van der Waals surface area contributed by atoms with Gasteiger partial charge in [0.25, 0.3) is 0 Å². The Balaban J connectivity index is 2.32. The molecule has 0 saturated carbocycles. The molecule has 0 spiro atoms. The van der Waals surface area contributed by atoms with E-state index in [9.17, 15) is 9.18 Å². The highest BCUT2D eigenvalue weighted by Gasteiger charge is 2.35. The van der Waals surface area contributed by atoms with E-state index < -0.39 is 0 Å². The average Bonchev–Trinajstić information content (AvgIpc) is 2.80. The van der Waals surface area contributed by atoms with Crippen molar-refractivity contribution in [1.82, 2.24) is 5.32 Å². The van der Waals surface area contributed by atoms with E-state index in [0.717, 1.165) is 11.1 Å². The fourth-order valence-electron chi connectivity index (χ4n) is 2.42. The van der Waals surface area contributed by atoms with Gasteiger partial charge < -0.3 is 10.1 Å². The first-order valence-electron chi connectivity index (χ1n) is 5.68. The average molecular weight is 237 g/mol. The number of hydrogen-bond acceptors (Lipinski definition) is 3. The molecule has 2 rings (SSSR count). The molecule has 0 radical (unpaired) electrons. The third kappa shape index (κ3) is 2.31. The van der Waals surface area contributed by atoms with Gasteiger partial charge in [0.1, 0.15) is 5.82 Å². The summed E-state index contributed by atoms with van der Waals surface area (Å²) in [6.45, 7) is 3.21. The molecular weight excluding hydrogens is 221 g/mol. The molecule has 0 amide bonds. The van der Waals surface area contributed by atoms with Crippen LogP contribution in [0.5, 0.6) is 0 Å². The monoisotopic (exact) mass is 237 g/mol. The molecule has 1 fully saturated rings. The molecule has 1 aliphatic rings. The number of hydrogen-bond donors (Lipinski definition) is 1. The normalized spacial score (nSPS) is 23.7. The molecule has 1 saturated heterocycles. The Morgan fingerprint density at radius 2 is 2.24 bits per heavy atom. The summed E-state index contributed by atoms with van der Waals surface area (Å²) in [6.07, 6.45) is 0. The molecule has 1 aromatic carbocycles. The van der Waals surface area contributed by atoms with Crippen LogP contribution in [0.1, 0.15) is 17.0 Å². The molecule has 1 heterocycles. The van der Waals surface area contributed by atoms with Gasteiger partial charge >= 0.3 is 5.97 Å². The van der Waals surface area contributed by atoms with Crippen molar-refractivity contribution >= 4 is 5.97 Å². The molecule has 92 valence electrons. The van der Waals surface area contributed by atoms with Crippen LogP contribution in [0, 0.1) is 18.7 Å². The molecule has 1 aliphatic heterocycles. The van der Waals surface area contributed by atoms with Crippen LogP contribution in [-0.2, 0) is 9.53 Å². The topological polar surface area (TPSA) is 38.3 Å². The number of aryl methyl sites for hydroxylation is 1. The van der Waals surface area contributed by atoms with Crippen molar-refractivity contribution in [3.05, 3.63) is 35.1 Å². The largest absolute Gasteiger partial charge is 0.469 e. The van der Waals surface area contributed by atoms with Gasteiger partial charge in [-0.15, -0.1) is 0 Å². The molecule has 0 aromatic heterocycles. The second-order valence-corrected chi connectivity index (χ2v) is 4.40. The predicted molar refractivity (Wildman–Crippen MR) is 62.3 cm³/mol.